The fourth-order valence-corrected chi connectivity index (χ4v) is 6.62. The van der Waals surface area contributed by atoms with Gasteiger partial charge in [-0.2, -0.15) is 4.98 Å². The summed E-state index contributed by atoms with van der Waals surface area (Å²) < 4.78 is 29.1. The van der Waals surface area contributed by atoms with E-state index in [0.717, 1.165) is 16.7 Å². The first-order valence-electron chi connectivity index (χ1n) is 21.2. The Bertz CT molecular complexity index is 2000. The molecule has 0 radical (unpaired) electrons. The van der Waals surface area contributed by atoms with E-state index in [1.165, 1.54) is 0 Å². The summed E-state index contributed by atoms with van der Waals surface area (Å²) in [7, 11) is 0. The Balaban J connectivity index is 1.79. The number of aromatic nitrogens is 2. The monoisotopic (exact) mass is 870 g/mol. The fraction of sp³-hybridized carbons (Fsp3) is 0.500. The summed E-state index contributed by atoms with van der Waals surface area (Å²) in [4.78, 5) is 60.1. The van der Waals surface area contributed by atoms with E-state index in [1.807, 2.05) is 133 Å². The first-order valence-corrected chi connectivity index (χ1v) is 21.2. The van der Waals surface area contributed by atoms with Gasteiger partial charge < -0.3 is 44.7 Å². The van der Waals surface area contributed by atoms with Crippen molar-refractivity contribution in [2.24, 2.45) is 0 Å². The van der Waals surface area contributed by atoms with Crippen LogP contribution in [-0.2, 0) is 34.1 Å². The number of carbonyl (C=O) groups is 4. The molecule has 0 unspecified atom stereocenters. The third kappa shape index (κ3) is 15.5. The van der Waals surface area contributed by atoms with Crippen LogP contribution in [0, 0.1) is 0 Å². The van der Waals surface area contributed by atoms with Gasteiger partial charge in [0, 0.05) is 0 Å². The SMILES string of the molecule is C[C@@H](OC(C)(C)C)[C@H](NC(=O)N[C@@H](CC(=O)NC(c1ccccc1)(c1ccccc1)c1ccccc1)c1nc([C@H](COC(C)(C)C)NC(=O)OC(C)(C)C)no1)C(=O)OC(C)(C)C. The third-order valence-electron chi connectivity index (χ3n) is 9.04. The Labute approximate surface area is 371 Å². The summed E-state index contributed by atoms with van der Waals surface area (Å²) in [5.74, 6) is -1.40. The number of esters is 1. The topological polar surface area (TPSA) is 192 Å². The highest BCUT2D eigenvalue weighted by Gasteiger charge is 2.40. The number of rotatable bonds is 16. The van der Waals surface area contributed by atoms with Gasteiger partial charge >= 0.3 is 18.1 Å². The average molecular weight is 871 g/mol. The predicted octanol–water partition coefficient (Wildman–Crippen LogP) is 8.20. The van der Waals surface area contributed by atoms with Gasteiger partial charge in [-0.1, -0.05) is 96.2 Å². The van der Waals surface area contributed by atoms with Crippen molar-refractivity contribution >= 4 is 24.0 Å². The number of urea groups is 1. The van der Waals surface area contributed by atoms with Crippen LogP contribution < -0.4 is 21.3 Å². The van der Waals surface area contributed by atoms with Crippen molar-refractivity contribution in [2.45, 2.75) is 149 Å². The molecule has 0 bridgehead atoms. The van der Waals surface area contributed by atoms with Gasteiger partial charge in [-0.15, -0.1) is 0 Å². The molecule has 0 aliphatic heterocycles. The number of alkyl carbamates (subject to hydrolysis) is 1. The molecule has 0 aliphatic rings. The van der Waals surface area contributed by atoms with E-state index in [1.54, 1.807) is 48.5 Å². The summed E-state index contributed by atoms with van der Waals surface area (Å²) in [6, 6.07) is 24.3. The molecule has 1 aromatic heterocycles. The molecule has 0 aliphatic carbocycles. The Kier molecular flexibility index (Phi) is 16.3. The molecule has 15 nitrogen and oxygen atoms in total. The van der Waals surface area contributed by atoms with Gasteiger partial charge in [-0.25, -0.2) is 14.4 Å². The molecule has 4 N–H and O–H groups in total. The molecule has 3 aromatic carbocycles. The maximum absolute atomic E-state index is 14.8. The minimum absolute atomic E-state index is 0.00115. The van der Waals surface area contributed by atoms with Crippen LogP contribution in [0.1, 0.15) is 137 Å². The minimum Gasteiger partial charge on any atom is -0.458 e. The van der Waals surface area contributed by atoms with Crippen molar-refractivity contribution in [3.05, 3.63) is 119 Å². The number of amides is 4. The lowest BCUT2D eigenvalue weighted by Crippen LogP contribution is -2.55. The smallest absolute Gasteiger partial charge is 0.408 e. The molecule has 0 spiro atoms. The maximum atomic E-state index is 14.8. The van der Waals surface area contributed by atoms with Crippen LogP contribution in [0.5, 0.6) is 0 Å². The van der Waals surface area contributed by atoms with Crippen LogP contribution in [-0.4, -0.2) is 75.3 Å². The molecule has 4 atom stereocenters. The van der Waals surface area contributed by atoms with Gasteiger partial charge in [-0.05, 0) is 107 Å². The lowest BCUT2D eigenvalue weighted by atomic mass is 9.77. The third-order valence-corrected chi connectivity index (χ3v) is 9.04. The van der Waals surface area contributed by atoms with E-state index in [2.05, 4.69) is 31.4 Å². The first kappa shape index (κ1) is 49.9. The number of hydrogen-bond donors (Lipinski definition) is 4. The molecule has 0 fully saturated rings. The van der Waals surface area contributed by atoms with Crippen molar-refractivity contribution in [3.63, 3.8) is 0 Å². The molecule has 1 heterocycles. The van der Waals surface area contributed by atoms with Crippen LogP contribution in [0.4, 0.5) is 9.59 Å². The zero-order valence-electron chi connectivity index (χ0n) is 39.0. The van der Waals surface area contributed by atoms with E-state index >= 15 is 0 Å². The molecule has 15 heteroatoms. The Morgan fingerprint density at radius 1 is 0.619 bits per heavy atom. The molecular formula is C48H66N6O9. The van der Waals surface area contributed by atoms with Gasteiger partial charge in [0.15, 0.2) is 11.9 Å². The molecule has 63 heavy (non-hydrogen) atoms. The Morgan fingerprint density at radius 3 is 1.56 bits per heavy atom. The van der Waals surface area contributed by atoms with E-state index in [9.17, 15) is 19.2 Å². The Morgan fingerprint density at radius 2 is 1.11 bits per heavy atom. The van der Waals surface area contributed by atoms with Crippen LogP contribution in [0.25, 0.3) is 0 Å². The minimum atomic E-state index is -1.28. The fourth-order valence-electron chi connectivity index (χ4n) is 6.62. The summed E-state index contributed by atoms with van der Waals surface area (Å²) in [6.45, 7) is 23.0. The second-order valence-corrected chi connectivity index (χ2v) is 19.3. The van der Waals surface area contributed by atoms with Gasteiger partial charge in [0.2, 0.25) is 11.8 Å². The molecule has 4 amide bonds. The normalized spacial score (nSPS) is 14.4. The lowest BCUT2D eigenvalue weighted by Gasteiger charge is -2.37. The summed E-state index contributed by atoms with van der Waals surface area (Å²) in [5.41, 5.74) is -1.83. The first-order chi connectivity index (χ1) is 29.2. The van der Waals surface area contributed by atoms with Crippen molar-refractivity contribution in [2.75, 3.05) is 6.61 Å². The second kappa shape index (κ2) is 20.6. The highest BCUT2D eigenvalue weighted by Crippen LogP contribution is 2.37. The summed E-state index contributed by atoms with van der Waals surface area (Å²) >= 11 is 0. The molecule has 4 rings (SSSR count). The van der Waals surface area contributed by atoms with Gasteiger partial charge in [-0.3, -0.25) is 4.79 Å². The Hall–Kier alpha value is -5.80. The number of carbonyl (C=O) groups excluding carboxylic acids is 4. The zero-order valence-corrected chi connectivity index (χ0v) is 39.0. The molecule has 0 saturated carbocycles. The molecule has 0 saturated heterocycles. The molecule has 4 aromatic rings. The molecule has 342 valence electrons. The number of benzene rings is 3. The van der Waals surface area contributed by atoms with Gasteiger partial charge in [0.05, 0.1) is 30.3 Å². The molecular weight excluding hydrogens is 805 g/mol. The van der Waals surface area contributed by atoms with Crippen molar-refractivity contribution in [1.82, 2.24) is 31.4 Å². The van der Waals surface area contributed by atoms with Gasteiger partial charge in [0.1, 0.15) is 28.8 Å². The summed E-state index contributed by atoms with van der Waals surface area (Å²) in [5, 5.41) is 15.8. The number of nitrogens with zero attached hydrogens (tertiary/aromatic N) is 2. The highest BCUT2D eigenvalue weighted by molar-refractivity contribution is 5.85. The van der Waals surface area contributed by atoms with E-state index in [4.69, 9.17) is 23.5 Å². The van der Waals surface area contributed by atoms with E-state index in [-0.39, 0.29) is 18.3 Å². The number of ether oxygens (including phenoxy) is 4. The largest absolute Gasteiger partial charge is 0.458 e. The highest BCUT2D eigenvalue weighted by atomic mass is 16.6. The number of hydrogen-bond acceptors (Lipinski definition) is 11. The standard InChI is InChI=1S/C48H66N6O9/c1-31(60-45(5,6)7)38(41(56)61-46(8,9)10)51-42(57)49-35(40-52-39(54-63-40)36(30-59-44(2,3)4)50-43(58)62-47(11,12)13)29-37(55)53-48(32-23-17-14-18-24-32,33-25-19-15-20-26-33)34-27-21-16-22-28-34/h14-28,31,35-36,38H,29-30H2,1-13H3,(H,50,58)(H,53,55)(H2,49,51,57)/t31-,35+,36+,38+/m1/s1. The van der Waals surface area contributed by atoms with Crippen LogP contribution in [0.2, 0.25) is 0 Å². The second-order valence-electron chi connectivity index (χ2n) is 19.3. The summed E-state index contributed by atoms with van der Waals surface area (Å²) in [6.07, 6.45) is -2.01. The van der Waals surface area contributed by atoms with Crippen molar-refractivity contribution in [3.8, 4) is 0 Å². The van der Waals surface area contributed by atoms with Crippen molar-refractivity contribution in [1.29, 1.82) is 0 Å². The predicted molar refractivity (Wildman–Crippen MR) is 238 cm³/mol. The maximum Gasteiger partial charge on any atom is 0.408 e. The van der Waals surface area contributed by atoms with E-state index < -0.39 is 82.6 Å². The average Bonchev–Trinajstić information content (AvgIpc) is 3.66. The number of nitrogens with one attached hydrogen (secondary N) is 4. The zero-order chi connectivity index (χ0) is 46.8. The van der Waals surface area contributed by atoms with Gasteiger partial charge in [0.25, 0.3) is 0 Å². The van der Waals surface area contributed by atoms with Crippen LogP contribution in [0.3, 0.4) is 0 Å². The lowest BCUT2D eigenvalue weighted by molar-refractivity contribution is -0.164. The quantitative estimate of drug-likeness (QED) is 0.0627. The van der Waals surface area contributed by atoms with Crippen LogP contribution in [0.15, 0.2) is 95.5 Å². The van der Waals surface area contributed by atoms with E-state index in [0.29, 0.717) is 0 Å². The van der Waals surface area contributed by atoms with Crippen molar-refractivity contribution < 1.29 is 42.6 Å². The van der Waals surface area contributed by atoms with Crippen LogP contribution >= 0.6 is 0 Å².